The lowest BCUT2D eigenvalue weighted by Crippen LogP contribution is -2.22. The van der Waals surface area contributed by atoms with Gasteiger partial charge in [0.05, 0.1) is 16.6 Å². The van der Waals surface area contributed by atoms with Gasteiger partial charge in [0.1, 0.15) is 11.6 Å². The van der Waals surface area contributed by atoms with Crippen molar-refractivity contribution in [2.45, 2.75) is 31.7 Å². The summed E-state index contributed by atoms with van der Waals surface area (Å²) in [6.45, 7) is 5.54. The maximum atomic E-state index is 12.0. The Labute approximate surface area is 122 Å². The van der Waals surface area contributed by atoms with E-state index in [1.54, 1.807) is 24.3 Å². The lowest BCUT2D eigenvalue weighted by molar-refractivity contribution is 0.391. The SMILES string of the molecule is Cc1noc(C)c1C(C)N=C1NS(=O)(=O)c2ccccc21. The van der Waals surface area contributed by atoms with Crippen LogP contribution in [0.4, 0.5) is 0 Å². The van der Waals surface area contributed by atoms with Gasteiger partial charge >= 0.3 is 0 Å². The van der Waals surface area contributed by atoms with E-state index in [2.05, 4.69) is 14.9 Å². The molecule has 0 spiro atoms. The summed E-state index contributed by atoms with van der Waals surface area (Å²) >= 11 is 0. The second-order valence-electron chi connectivity index (χ2n) is 4.99. The number of rotatable bonds is 2. The Kier molecular flexibility index (Phi) is 3.09. The Morgan fingerprint density at radius 1 is 1.29 bits per heavy atom. The second-order valence-corrected chi connectivity index (χ2v) is 6.64. The molecule has 1 aromatic carbocycles. The first-order valence-electron chi connectivity index (χ1n) is 6.53. The summed E-state index contributed by atoms with van der Waals surface area (Å²) in [5.41, 5.74) is 2.24. The molecule has 0 radical (unpaired) electrons. The van der Waals surface area contributed by atoms with E-state index in [1.807, 2.05) is 20.8 Å². The number of amidine groups is 1. The predicted molar refractivity (Wildman–Crippen MR) is 77.7 cm³/mol. The van der Waals surface area contributed by atoms with Gasteiger partial charge in [-0.25, -0.2) is 8.42 Å². The lowest BCUT2D eigenvalue weighted by Gasteiger charge is -2.07. The van der Waals surface area contributed by atoms with Gasteiger partial charge < -0.3 is 4.52 Å². The zero-order valence-electron chi connectivity index (χ0n) is 11.9. The van der Waals surface area contributed by atoms with Crippen molar-refractivity contribution in [3.63, 3.8) is 0 Å². The van der Waals surface area contributed by atoms with Crippen LogP contribution in [-0.4, -0.2) is 19.4 Å². The van der Waals surface area contributed by atoms with Gasteiger partial charge in [-0.3, -0.25) is 9.71 Å². The van der Waals surface area contributed by atoms with Gasteiger partial charge in [0.15, 0.2) is 0 Å². The Morgan fingerprint density at radius 3 is 2.67 bits per heavy atom. The highest BCUT2D eigenvalue weighted by Gasteiger charge is 2.31. The molecule has 7 heteroatoms. The Balaban J connectivity index is 2.06. The van der Waals surface area contributed by atoms with Crippen LogP contribution in [0.3, 0.4) is 0 Å². The van der Waals surface area contributed by atoms with Crippen molar-refractivity contribution in [1.82, 2.24) is 9.88 Å². The molecule has 6 nitrogen and oxygen atoms in total. The monoisotopic (exact) mass is 305 g/mol. The van der Waals surface area contributed by atoms with Crippen LogP contribution in [0.25, 0.3) is 0 Å². The number of fused-ring (bicyclic) bond motifs is 1. The minimum Gasteiger partial charge on any atom is -0.361 e. The van der Waals surface area contributed by atoms with Gasteiger partial charge in [0, 0.05) is 11.1 Å². The highest BCUT2D eigenvalue weighted by molar-refractivity contribution is 7.90. The van der Waals surface area contributed by atoms with Crippen LogP contribution in [0.2, 0.25) is 0 Å². The molecule has 2 aromatic rings. The number of hydrogen-bond acceptors (Lipinski definition) is 5. The highest BCUT2D eigenvalue weighted by atomic mass is 32.2. The van der Waals surface area contributed by atoms with Crippen molar-refractivity contribution in [2.24, 2.45) is 4.99 Å². The zero-order chi connectivity index (χ0) is 15.2. The van der Waals surface area contributed by atoms with Crippen LogP contribution < -0.4 is 4.72 Å². The third-order valence-electron chi connectivity index (χ3n) is 3.49. The van der Waals surface area contributed by atoms with Gasteiger partial charge in [0.25, 0.3) is 10.0 Å². The lowest BCUT2D eigenvalue weighted by atomic mass is 10.1. The zero-order valence-corrected chi connectivity index (χ0v) is 12.7. The average Bonchev–Trinajstić information content (AvgIpc) is 2.88. The molecule has 0 aliphatic carbocycles. The van der Waals surface area contributed by atoms with Crippen LogP contribution in [0, 0.1) is 13.8 Å². The van der Waals surface area contributed by atoms with Crippen LogP contribution in [0.1, 0.15) is 35.5 Å². The topological polar surface area (TPSA) is 84.6 Å². The number of aryl methyl sites for hydroxylation is 2. The molecule has 1 N–H and O–H groups in total. The number of aromatic nitrogens is 1. The molecule has 1 aliphatic rings. The normalized spacial score (nSPS) is 19.3. The summed E-state index contributed by atoms with van der Waals surface area (Å²) in [5.74, 6) is 1.05. The van der Waals surface area contributed by atoms with Gasteiger partial charge in [0.2, 0.25) is 0 Å². The first kappa shape index (κ1) is 13.8. The molecule has 0 saturated carbocycles. The van der Waals surface area contributed by atoms with E-state index in [0.717, 1.165) is 11.3 Å². The highest BCUT2D eigenvalue weighted by Crippen LogP contribution is 2.28. The van der Waals surface area contributed by atoms with Crippen LogP contribution in [0.5, 0.6) is 0 Å². The quantitative estimate of drug-likeness (QED) is 0.920. The number of benzene rings is 1. The maximum absolute atomic E-state index is 12.0. The molecule has 0 saturated heterocycles. The molecular weight excluding hydrogens is 290 g/mol. The number of nitrogens with one attached hydrogen (secondary N) is 1. The Morgan fingerprint density at radius 2 is 2.00 bits per heavy atom. The number of hydrogen-bond donors (Lipinski definition) is 1. The van der Waals surface area contributed by atoms with Crippen molar-refractivity contribution < 1.29 is 12.9 Å². The standard InChI is InChI=1S/C14H15N3O3S/c1-8(13-9(2)16-20-10(13)3)15-14-11-6-4-5-7-12(11)21(18,19)17-14/h4-8H,1-3H3,(H,15,17). The van der Waals surface area contributed by atoms with E-state index in [9.17, 15) is 8.42 Å². The van der Waals surface area contributed by atoms with Gasteiger partial charge in [-0.2, -0.15) is 0 Å². The van der Waals surface area contributed by atoms with Crippen molar-refractivity contribution in [3.8, 4) is 0 Å². The van der Waals surface area contributed by atoms with Crippen LogP contribution in [-0.2, 0) is 10.0 Å². The fraction of sp³-hybridized carbons (Fsp3) is 0.286. The third kappa shape index (κ3) is 2.23. The van der Waals surface area contributed by atoms with Crippen molar-refractivity contribution in [2.75, 3.05) is 0 Å². The minimum absolute atomic E-state index is 0.250. The minimum atomic E-state index is -3.51. The third-order valence-corrected chi connectivity index (χ3v) is 4.89. The molecule has 1 aliphatic heterocycles. The number of nitrogens with zero attached hydrogens (tertiary/aromatic N) is 2. The summed E-state index contributed by atoms with van der Waals surface area (Å²) in [6, 6.07) is 6.54. The van der Waals surface area contributed by atoms with E-state index < -0.39 is 10.0 Å². The van der Waals surface area contributed by atoms with E-state index >= 15 is 0 Å². The fourth-order valence-corrected chi connectivity index (χ4v) is 3.81. The average molecular weight is 305 g/mol. The largest absolute Gasteiger partial charge is 0.361 e. The molecule has 21 heavy (non-hydrogen) atoms. The molecule has 110 valence electrons. The molecular formula is C14H15N3O3S. The van der Waals surface area contributed by atoms with Crippen molar-refractivity contribution >= 4 is 15.9 Å². The molecule has 0 amide bonds. The summed E-state index contributed by atoms with van der Waals surface area (Å²) in [6.07, 6.45) is 0. The smallest absolute Gasteiger partial charge is 0.263 e. The van der Waals surface area contributed by atoms with Gasteiger partial charge in [-0.05, 0) is 32.9 Å². The summed E-state index contributed by atoms with van der Waals surface area (Å²) in [5, 5.41) is 3.90. The summed E-state index contributed by atoms with van der Waals surface area (Å²) < 4.78 is 31.7. The molecule has 1 atom stereocenters. The van der Waals surface area contributed by atoms with Crippen LogP contribution in [0.15, 0.2) is 38.7 Å². The van der Waals surface area contributed by atoms with E-state index in [4.69, 9.17) is 4.52 Å². The first-order valence-corrected chi connectivity index (χ1v) is 8.01. The van der Waals surface area contributed by atoms with Crippen molar-refractivity contribution in [3.05, 3.63) is 46.8 Å². The van der Waals surface area contributed by atoms with E-state index in [1.165, 1.54) is 0 Å². The van der Waals surface area contributed by atoms with Gasteiger partial charge in [-0.1, -0.05) is 17.3 Å². The number of sulfonamides is 1. The summed E-state index contributed by atoms with van der Waals surface area (Å²) in [7, 11) is -3.51. The Hall–Kier alpha value is -2.15. The summed E-state index contributed by atoms with van der Waals surface area (Å²) in [4.78, 5) is 4.76. The molecule has 0 bridgehead atoms. The molecule has 1 aromatic heterocycles. The van der Waals surface area contributed by atoms with E-state index in [-0.39, 0.29) is 10.9 Å². The second kappa shape index (κ2) is 4.70. The Bertz CT molecular complexity index is 817. The first-order chi connectivity index (χ1) is 9.90. The van der Waals surface area contributed by atoms with Gasteiger partial charge in [-0.15, -0.1) is 0 Å². The maximum Gasteiger partial charge on any atom is 0.263 e. The molecule has 0 fully saturated rings. The fourth-order valence-electron chi connectivity index (χ4n) is 2.57. The van der Waals surface area contributed by atoms with Crippen molar-refractivity contribution in [1.29, 1.82) is 0 Å². The number of aliphatic imine (C=N–C) groups is 1. The molecule has 2 heterocycles. The van der Waals surface area contributed by atoms with E-state index in [0.29, 0.717) is 17.2 Å². The molecule has 1 unspecified atom stereocenters. The van der Waals surface area contributed by atoms with Crippen LogP contribution >= 0.6 is 0 Å². The predicted octanol–water partition coefficient (Wildman–Crippen LogP) is 2.09. The molecule has 3 rings (SSSR count).